The first-order chi connectivity index (χ1) is 15.3. The van der Waals surface area contributed by atoms with Crippen molar-refractivity contribution in [1.82, 2.24) is 10.2 Å². The highest BCUT2D eigenvalue weighted by Gasteiger charge is 2.42. The first-order valence-corrected chi connectivity index (χ1v) is 11.4. The molecule has 1 heterocycles. The summed E-state index contributed by atoms with van der Waals surface area (Å²) in [6.45, 7) is 10.3. The molecule has 0 radical (unpaired) electrons. The standard InChI is InChI=1S/C26H33N3O3/c1-5-26(16-15-23(30)28-25(26)32)21-11-13-22(14-12-21)27-24(31)20-9-7-19(8-10-20)17-29(6-2)18(3)4/h7-14,18H,5-6,15-17H2,1-4H3,(H,27,31)(H,28,30,32). The Labute approximate surface area is 190 Å². The van der Waals surface area contributed by atoms with Crippen LogP contribution < -0.4 is 10.6 Å². The van der Waals surface area contributed by atoms with Gasteiger partial charge in [-0.3, -0.25) is 24.6 Å². The van der Waals surface area contributed by atoms with Gasteiger partial charge in [0.15, 0.2) is 0 Å². The number of nitrogens with one attached hydrogen (secondary N) is 2. The number of nitrogens with zero attached hydrogens (tertiary/aromatic N) is 1. The minimum absolute atomic E-state index is 0.174. The summed E-state index contributed by atoms with van der Waals surface area (Å²) in [5, 5.41) is 5.39. The molecule has 0 aliphatic carbocycles. The Balaban J connectivity index is 1.67. The molecule has 1 fully saturated rings. The van der Waals surface area contributed by atoms with Crippen LogP contribution in [0.3, 0.4) is 0 Å². The number of anilines is 1. The maximum atomic E-state index is 12.7. The van der Waals surface area contributed by atoms with E-state index in [1.165, 1.54) is 5.56 Å². The number of imide groups is 1. The fraction of sp³-hybridized carbons (Fsp3) is 0.423. The Kier molecular flexibility index (Phi) is 7.46. The van der Waals surface area contributed by atoms with Crippen LogP contribution in [0.4, 0.5) is 5.69 Å². The molecule has 170 valence electrons. The zero-order valence-corrected chi connectivity index (χ0v) is 19.4. The summed E-state index contributed by atoms with van der Waals surface area (Å²) in [5.41, 5.74) is 2.60. The second kappa shape index (κ2) is 10.1. The number of carbonyl (C=O) groups excluding carboxylic acids is 3. The van der Waals surface area contributed by atoms with Gasteiger partial charge < -0.3 is 5.32 Å². The molecule has 3 rings (SSSR count). The van der Waals surface area contributed by atoms with Crippen molar-refractivity contribution in [3.05, 3.63) is 65.2 Å². The Morgan fingerprint density at radius 3 is 2.25 bits per heavy atom. The third-order valence-electron chi connectivity index (χ3n) is 6.50. The first kappa shape index (κ1) is 23.7. The molecule has 0 saturated carbocycles. The molecule has 2 aromatic rings. The largest absolute Gasteiger partial charge is 0.322 e. The molecule has 6 heteroatoms. The van der Waals surface area contributed by atoms with E-state index < -0.39 is 5.41 Å². The van der Waals surface area contributed by atoms with Crippen LogP contribution in [0.15, 0.2) is 48.5 Å². The van der Waals surface area contributed by atoms with Gasteiger partial charge in [-0.05, 0) is 68.6 Å². The van der Waals surface area contributed by atoms with E-state index in [0.717, 1.165) is 18.7 Å². The lowest BCUT2D eigenvalue weighted by molar-refractivity contribution is -0.138. The fourth-order valence-electron chi connectivity index (χ4n) is 4.30. The van der Waals surface area contributed by atoms with E-state index in [-0.39, 0.29) is 17.7 Å². The fourth-order valence-corrected chi connectivity index (χ4v) is 4.30. The van der Waals surface area contributed by atoms with Crippen LogP contribution in [0.25, 0.3) is 0 Å². The smallest absolute Gasteiger partial charge is 0.255 e. The van der Waals surface area contributed by atoms with Gasteiger partial charge >= 0.3 is 0 Å². The van der Waals surface area contributed by atoms with Gasteiger partial charge in [0.25, 0.3) is 5.91 Å². The van der Waals surface area contributed by atoms with Crippen LogP contribution in [-0.2, 0) is 21.5 Å². The average Bonchev–Trinajstić information content (AvgIpc) is 2.79. The minimum atomic E-state index is -0.700. The highest BCUT2D eigenvalue weighted by atomic mass is 16.2. The van der Waals surface area contributed by atoms with Crippen molar-refractivity contribution in [2.24, 2.45) is 0 Å². The number of hydrogen-bond donors (Lipinski definition) is 2. The van der Waals surface area contributed by atoms with E-state index >= 15 is 0 Å². The number of benzene rings is 2. The Morgan fingerprint density at radius 2 is 1.72 bits per heavy atom. The maximum absolute atomic E-state index is 12.7. The summed E-state index contributed by atoms with van der Waals surface area (Å²) in [6.07, 6.45) is 1.44. The van der Waals surface area contributed by atoms with Gasteiger partial charge in [0.2, 0.25) is 11.8 Å². The van der Waals surface area contributed by atoms with Gasteiger partial charge in [-0.25, -0.2) is 0 Å². The molecule has 1 unspecified atom stereocenters. The molecule has 0 bridgehead atoms. The van der Waals surface area contributed by atoms with Crippen molar-refractivity contribution in [1.29, 1.82) is 0 Å². The lowest BCUT2D eigenvalue weighted by Gasteiger charge is -2.35. The van der Waals surface area contributed by atoms with E-state index in [1.807, 2.05) is 55.5 Å². The quantitative estimate of drug-likeness (QED) is 0.608. The maximum Gasteiger partial charge on any atom is 0.255 e. The van der Waals surface area contributed by atoms with Crippen molar-refractivity contribution >= 4 is 23.4 Å². The summed E-state index contributed by atoms with van der Waals surface area (Å²) in [4.78, 5) is 39.2. The number of carbonyl (C=O) groups is 3. The van der Waals surface area contributed by atoms with Gasteiger partial charge in [-0.2, -0.15) is 0 Å². The SMILES string of the molecule is CCN(Cc1ccc(C(=O)Nc2ccc(C3(CC)CCC(=O)NC3=O)cc2)cc1)C(C)C. The van der Waals surface area contributed by atoms with Crippen molar-refractivity contribution in [2.45, 2.75) is 65.0 Å². The van der Waals surface area contributed by atoms with Gasteiger partial charge in [0, 0.05) is 30.3 Å². The molecular weight excluding hydrogens is 402 g/mol. The number of rotatable bonds is 8. The summed E-state index contributed by atoms with van der Waals surface area (Å²) in [6, 6.07) is 15.5. The van der Waals surface area contributed by atoms with Crippen LogP contribution >= 0.6 is 0 Å². The summed E-state index contributed by atoms with van der Waals surface area (Å²) >= 11 is 0. The topological polar surface area (TPSA) is 78.5 Å². The minimum Gasteiger partial charge on any atom is -0.322 e. The molecule has 2 aromatic carbocycles. The molecule has 32 heavy (non-hydrogen) atoms. The lowest BCUT2D eigenvalue weighted by Crippen LogP contribution is -2.51. The van der Waals surface area contributed by atoms with Crippen molar-refractivity contribution in [3.63, 3.8) is 0 Å². The first-order valence-electron chi connectivity index (χ1n) is 11.4. The highest BCUT2D eigenvalue weighted by molar-refractivity contribution is 6.05. The van der Waals surface area contributed by atoms with Gasteiger partial charge in [0.1, 0.15) is 0 Å². The van der Waals surface area contributed by atoms with E-state index in [0.29, 0.717) is 36.6 Å². The second-order valence-electron chi connectivity index (χ2n) is 8.70. The molecule has 1 aliphatic heterocycles. The predicted molar refractivity (Wildman–Crippen MR) is 126 cm³/mol. The van der Waals surface area contributed by atoms with Crippen LogP contribution in [0.1, 0.15) is 68.4 Å². The summed E-state index contributed by atoms with van der Waals surface area (Å²) < 4.78 is 0. The number of amides is 3. The van der Waals surface area contributed by atoms with Crippen molar-refractivity contribution in [2.75, 3.05) is 11.9 Å². The van der Waals surface area contributed by atoms with E-state index in [4.69, 9.17) is 0 Å². The Bertz CT molecular complexity index is 967. The molecule has 2 N–H and O–H groups in total. The normalized spacial score (nSPS) is 18.7. The van der Waals surface area contributed by atoms with Crippen molar-refractivity contribution < 1.29 is 14.4 Å². The van der Waals surface area contributed by atoms with Crippen LogP contribution in [0.5, 0.6) is 0 Å². The zero-order valence-electron chi connectivity index (χ0n) is 19.4. The molecule has 3 amide bonds. The van der Waals surface area contributed by atoms with Gasteiger partial charge in [-0.1, -0.05) is 38.1 Å². The molecule has 0 spiro atoms. The molecular formula is C26H33N3O3. The van der Waals surface area contributed by atoms with Crippen LogP contribution in [0, 0.1) is 0 Å². The molecule has 1 saturated heterocycles. The Morgan fingerprint density at radius 1 is 1.06 bits per heavy atom. The lowest BCUT2D eigenvalue weighted by atomic mass is 9.72. The van der Waals surface area contributed by atoms with Crippen molar-refractivity contribution in [3.8, 4) is 0 Å². The average molecular weight is 436 g/mol. The van der Waals surface area contributed by atoms with Gasteiger partial charge in [-0.15, -0.1) is 0 Å². The third kappa shape index (κ3) is 5.07. The third-order valence-corrected chi connectivity index (χ3v) is 6.50. The van der Waals surface area contributed by atoms with Crippen LogP contribution in [0.2, 0.25) is 0 Å². The Hall–Kier alpha value is -2.99. The van der Waals surface area contributed by atoms with E-state index in [1.54, 1.807) is 0 Å². The molecule has 1 atom stereocenters. The predicted octanol–water partition coefficient (Wildman–Crippen LogP) is 4.25. The summed E-state index contributed by atoms with van der Waals surface area (Å²) in [7, 11) is 0. The molecule has 1 aliphatic rings. The number of piperidine rings is 1. The van der Waals surface area contributed by atoms with E-state index in [2.05, 4.69) is 36.3 Å². The van der Waals surface area contributed by atoms with Crippen LogP contribution in [-0.4, -0.2) is 35.2 Å². The monoisotopic (exact) mass is 435 g/mol. The summed E-state index contributed by atoms with van der Waals surface area (Å²) in [5.74, 6) is -0.639. The highest BCUT2D eigenvalue weighted by Crippen LogP contribution is 2.36. The zero-order chi connectivity index (χ0) is 23.3. The molecule has 6 nitrogen and oxygen atoms in total. The number of hydrogen-bond acceptors (Lipinski definition) is 4. The van der Waals surface area contributed by atoms with E-state index in [9.17, 15) is 14.4 Å². The van der Waals surface area contributed by atoms with Gasteiger partial charge in [0.05, 0.1) is 5.41 Å². The molecule has 0 aromatic heterocycles. The second-order valence-corrected chi connectivity index (χ2v) is 8.70.